The molecular weight excluding hydrogens is 266 g/mol. The first-order valence-corrected chi connectivity index (χ1v) is 6.43. The Kier molecular flexibility index (Phi) is 6.15. The summed E-state index contributed by atoms with van der Waals surface area (Å²) in [5.41, 5.74) is 6.28. The summed E-state index contributed by atoms with van der Waals surface area (Å²) in [6.45, 7) is 1.93. The van der Waals surface area contributed by atoms with E-state index in [1.165, 1.54) is 0 Å². The molecule has 1 rings (SSSR count). The van der Waals surface area contributed by atoms with Gasteiger partial charge in [-0.2, -0.15) is 0 Å². The van der Waals surface area contributed by atoms with Gasteiger partial charge in [-0.25, -0.2) is 0 Å². The van der Waals surface area contributed by atoms with Gasteiger partial charge in [0.1, 0.15) is 5.84 Å². The Labute approximate surface area is 117 Å². The van der Waals surface area contributed by atoms with Crippen molar-refractivity contribution in [1.29, 1.82) is 0 Å². The summed E-state index contributed by atoms with van der Waals surface area (Å²) in [5, 5.41) is 14.9. The smallest absolute Gasteiger partial charge is 0.224 e. The SMILES string of the molecule is CCC(CC(N)=NO)NC(=O)Cc1cccc(Cl)c1. The van der Waals surface area contributed by atoms with Crippen LogP contribution in [0.3, 0.4) is 0 Å². The maximum Gasteiger partial charge on any atom is 0.224 e. The number of nitrogens with one attached hydrogen (secondary N) is 1. The topological polar surface area (TPSA) is 87.7 Å². The minimum absolute atomic E-state index is 0.106. The van der Waals surface area contributed by atoms with Gasteiger partial charge in [0.2, 0.25) is 5.91 Å². The van der Waals surface area contributed by atoms with Crippen LogP contribution in [0.25, 0.3) is 0 Å². The Morgan fingerprint density at radius 1 is 1.58 bits per heavy atom. The van der Waals surface area contributed by atoms with Gasteiger partial charge in [0.25, 0.3) is 0 Å². The molecular formula is C13H18ClN3O2. The third-order valence-corrected chi connectivity index (χ3v) is 2.93. The first-order valence-electron chi connectivity index (χ1n) is 6.05. The van der Waals surface area contributed by atoms with Crippen LogP contribution in [0.1, 0.15) is 25.3 Å². The minimum atomic E-state index is -0.136. The van der Waals surface area contributed by atoms with Gasteiger partial charge in [-0.15, -0.1) is 0 Å². The van der Waals surface area contributed by atoms with Crippen molar-refractivity contribution >= 4 is 23.3 Å². The molecule has 0 fully saturated rings. The van der Waals surface area contributed by atoms with Crippen LogP contribution in [0.4, 0.5) is 0 Å². The fourth-order valence-corrected chi connectivity index (χ4v) is 1.91. The van der Waals surface area contributed by atoms with E-state index in [2.05, 4.69) is 10.5 Å². The number of amides is 1. The van der Waals surface area contributed by atoms with Crippen molar-refractivity contribution in [3.05, 3.63) is 34.9 Å². The molecule has 0 saturated heterocycles. The lowest BCUT2D eigenvalue weighted by molar-refractivity contribution is -0.121. The second kappa shape index (κ2) is 7.63. The van der Waals surface area contributed by atoms with E-state index in [9.17, 15) is 4.79 Å². The normalized spacial score (nSPS) is 13.1. The zero-order chi connectivity index (χ0) is 14.3. The molecule has 0 aliphatic carbocycles. The molecule has 4 N–H and O–H groups in total. The Hall–Kier alpha value is -1.75. The number of hydrogen-bond acceptors (Lipinski definition) is 3. The van der Waals surface area contributed by atoms with Crippen LogP contribution >= 0.6 is 11.6 Å². The van der Waals surface area contributed by atoms with E-state index < -0.39 is 0 Å². The van der Waals surface area contributed by atoms with Gasteiger partial charge >= 0.3 is 0 Å². The van der Waals surface area contributed by atoms with Gasteiger partial charge in [0.15, 0.2) is 0 Å². The van der Waals surface area contributed by atoms with Gasteiger partial charge in [0, 0.05) is 17.5 Å². The number of carbonyl (C=O) groups excluding carboxylic acids is 1. The van der Waals surface area contributed by atoms with Crippen LogP contribution in [0, 0.1) is 0 Å². The molecule has 19 heavy (non-hydrogen) atoms. The summed E-state index contributed by atoms with van der Waals surface area (Å²) in [4.78, 5) is 11.9. The van der Waals surface area contributed by atoms with Crippen LogP contribution in [0.15, 0.2) is 29.4 Å². The van der Waals surface area contributed by atoms with E-state index >= 15 is 0 Å². The Morgan fingerprint density at radius 2 is 2.32 bits per heavy atom. The third kappa shape index (κ3) is 5.61. The molecule has 0 radical (unpaired) electrons. The number of carbonyl (C=O) groups is 1. The Morgan fingerprint density at radius 3 is 2.89 bits per heavy atom. The molecule has 1 atom stereocenters. The molecule has 6 heteroatoms. The molecule has 0 heterocycles. The number of amidine groups is 1. The van der Waals surface area contributed by atoms with Gasteiger partial charge in [0.05, 0.1) is 6.42 Å². The fourth-order valence-electron chi connectivity index (χ4n) is 1.70. The summed E-state index contributed by atoms with van der Waals surface area (Å²) in [5.74, 6) is -0.00485. The van der Waals surface area contributed by atoms with E-state index in [1.807, 2.05) is 13.0 Å². The van der Waals surface area contributed by atoms with Crippen LogP contribution in [0.5, 0.6) is 0 Å². The van der Waals surface area contributed by atoms with Crippen molar-refractivity contribution in [2.45, 2.75) is 32.2 Å². The molecule has 0 bridgehead atoms. The highest BCUT2D eigenvalue weighted by atomic mass is 35.5. The van der Waals surface area contributed by atoms with Crippen LogP contribution in [-0.2, 0) is 11.2 Å². The summed E-state index contributed by atoms with van der Waals surface area (Å²) < 4.78 is 0. The zero-order valence-corrected chi connectivity index (χ0v) is 11.5. The van der Waals surface area contributed by atoms with Crippen molar-refractivity contribution in [3.8, 4) is 0 Å². The molecule has 1 amide bonds. The average molecular weight is 284 g/mol. The van der Waals surface area contributed by atoms with E-state index in [4.69, 9.17) is 22.5 Å². The van der Waals surface area contributed by atoms with E-state index in [0.29, 0.717) is 17.9 Å². The highest BCUT2D eigenvalue weighted by Gasteiger charge is 2.12. The molecule has 0 aliphatic heterocycles. The molecule has 104 valence electrons. The first-order chi connectivity index (χ1) is 9.05. The molecule has 1 aromatic carbocycles. The molecule has 5 nitrogen and oxygen atoms in total. The van der Waals surface area contributed by atoms with Crippen molar-refractivity contribution in [3.63, 3.8) is 0 Å². The molecule has 0 saturated carbocycles. The lowest BCUT2D eigenvalue weighted by atomic mass is 10.1. The Balaban J connectivity index is 2.54. The lowest BCUT2D eigenvalue weighted by Crippen LogP contribution is -2.38. The second-order valence-corrected chi connectivity index (χ2v) is 4.71. The molecule has 1 aromatic rings. The van der Waals surface area contributed by atoms with Crippen molar-refractivity contribution in [1.82, 2.24) is 5.32 Å². The summed E-state index contributed by atoms with van der Waals surface area (Å²) in [6, 6.07) is 7.03. The summed E-state index contributed by atoms with van der Waals surface area (Å²) in [7, 11) is 0. The van der Waals surface area contributed by atoms with Crippen LogP contribution in [-0.4, -0.2) is 23.0 Å². The summed E-state index contributed by atoms with van der Waals surface area (Å²) >= 11 is 5.86. The number of rotatable bonds is 6. The van der Waals surface area contributed by atoms with Crippen LogP contribution < -0.4 is 11.1 Å². The number of hydrogen-bond donors (Lipinski definition) is 3. The first kappa shape index (κ1) is 15.3. The predicted molar refractivity (Wildman–Crippen MR) is 75.4 cm³/mol. The number of nitrogens with zero attached hydrogens (tertiary/aromatic N) is 1. The number of halogens is 1. The molecule has 0 aromatic heterocycles. The third-order valence-electron chi connectivity index (χ3n) is 2.70. The quantitative estimate of drug-likeness (QED) is 0.322. The van der Waals surface area contributed by atoms with Crippen molar-refractivity contribution < 1.29 is 10.0 Å². The maximum absolute atomic E-state index is 11.9. The van der Waals surface area contributed by atoms with Crippen LogP contribution in [0.2, 0.25) is 5.02 Å². The van der Waals surface area contributed by atoms with Gasteiger partial charge in [-0.3, -0.25) is 4.79 Å². The standard InChI is InChI=1S/C13H18ClN3O2/c1-2-11(8-12(15)17-19)16-13(18)7-9-4-3-5-10(14)6-9/h3-6,11,19H,2,7-8H2,1H3,(H2,15,17)(H,16,18). The molecule has 1 unspecified atom stereocenters. The van der Waals surface area contributed by atoms with Crippen molar-refractivity contribution in [2.24, 2.45) is 10.9 Å². The molecule has 0 spiro atoms. The molecule has 0 aliphatic rings. The average Bonchev–Trinajstić information content (AvgIpc) is 2.37. The number of benzene rings is 1. The monoisotopic (exact) mass is 283 g/mol. The largest absolute Gasteiger partial charge is 0.409 e. The number of oxime groups is 1. The second-order valence-electron chi connectivity index (χ2n) is 4.27. The minimum Gasteiger partial charge on any atom is -0.409 e. The Bertz CT molecular complexity index is 463. The van der Waals surface area contributed by atoms with Gasteiger partial charge < -0.3 is 16.3 Å². The predicted octanol–water partition coefficient (Wildman–Crippen LogP) is 1.91. The maximum atomic E-state index is 11.9. The highest BCUT2D eigenvalue weighted by Crippen LogP contribution is 2.11. The van der Waals surface area contributed by atoms with Crippen molar-refractivity contribution in [2.75, 3.05) is 0 Å². The van der Waals surface area contributed by atoms with Gasteiger partial charge in [-0.1, -0.05) is 35.8 Å². The van der Waals surface area contributed by atoms with E-state index in [1.54, 1.807) is 18.2 Å². The lowest BCUT2D eigenvalue weighted by Gasteiger charge is -2.16. The zero-order valence-electron chi connectivity index (χ0n) is 10.8. The van der Waals surface area contributed by atoms with E-state index in [-0.39, 0.29) is 24.2 Å². The number of nitrogens with two attached hydrogens (primary N) is 1. The van der Waals surface area contributed by atoms with E-state index in [0.717, 1.165) is 5.56 Å². The van der Waals surface area contributed by atoms with Gasteiger partial charge in [-0.05, 0) is 24.1 Å². The highest BCUT2D eigenvalue weighted by molar-refractivity contribution is 6.30. The fraction of sp³-hybridized carbons (Fsp3) is 0.385. The summed E-state index contributed by atoms with van der Waals surface area (Å²) in [6.07, 6.45) is 1.29.